The Morgan fingerprint density at radius 3 is 2.64 bits per heavy atom. The number of benzene rings is 1. The van der Waals surface area contributed by atoms with Gasteiger partial charge in [-0.1, -0.05) is 24.6 Å². The van der Waals surface area contributed by atoms with E-state index < -0.39 is 11.2 Å². The molecule has 0 aliphatic carbocycles. The van der Waals surface area contributed by atoms with Gasteiger partial charge in [0.05, 0.1) is 6.61 Å². The Kier molecular flexibility index (Phi) is 3.48. The first-order chi connectivity index (χ1) is 6.55. The average Bonchev–Trinajstić information content (AvgIpc) is 2.17. The normalized spacial score (nSPS) is 15.2. The fourth-order valence-electron chi connectivity index (χ4n) is 1.32. The molecule has 0 aliphatic heterocycles. The second-order valence-corrected chi connectivity index (χ2v) is 3.93. The SMILES string of the molecule is CC(CN)(CO)c1c(F)cccc1Cl. The van der Waals surface area contributed by atoms with E-state index in [4.69, 9.17) is 17.3 Å². The van der Waals surface area contributed by atoms with Crippen LogP contribution in [0.2, 0.25) is 5.02 Å². The zero-order chi connectivity index (χ0) is 10.8. The highest BCUT2D eigenvalue weighted by Gasteiger charge is 2.29. The molecule has 0 saturated carbocycles. The third-order valence-corrected chi connectivity index (χ3v) is 2.68. The fraction of sp³-hybridized carbons (Fsp3) is 0.400. The molecule has 0 radical (unpaired) electrons. The molecule has 1 atom stereocenters. The summed E-state index contributed by atoms with van der Waals surface area (Å²) in [7, 11) is 0. The zero-order valence-electron chi connectivity index (χ0n) is 7.93. The monoisotopic (exact) mass is 217 g/mol. The molecule has 1 aromatic carbocycles. The minimum atomic E-state index is -0.817. The van der Waals surface area contributed by atoms with Crippen LogP contribution < -0.4 is 5.73 Å². The summed E-state index contributed by atoms with van der Waals surface area (Å²) in [5.41, 5.74) is 4.97. The highest BCUT2D eigenvalue weighted by Crippen LogP contribution is 2.31. The highest BCUT2D eigenvalue weighted by molar-refractivity contribution is 6.31. The standard InChI is InChI=1S/C10H13ClFNO/c1-10(5-13,6-14)9-7(11)3-2-4-8(9)12/h2-4,14H,5-6,13H2,1H3. The third kappa shape index (κ3) is 1.90. The molecule has 0 aromatic heterocycles. The predicted octanol–water partition coefficient (Wildman–Crippen LogP) is 1.69. The molecule has 0 aliphatic rings. The Hall–Kier alpha value is -0.640. The van der Waals surface area contributed by atoms with Crippen molar-refractivity contribution in [2.45, 2.75) is 12.3 Å². The maximum atomic E-state index is 13.5. The number of halogens is 2. The van der Waals surface area contributed by atoms with Gasteiger partial charge in [-0.15, -0.1) is 0 Å². The van der Waals surface area contributed by atoms with E-state index >= 15 is 0 Å². The second kappa shape index (κ2) is 4.26. The molecule has 0 amide bonds. The van der Waals surface area contributed by atoms with Gasteiger partial charge in [0.25, 0.3) is 0 Å². The molecule has 1 unspecified atom stereocenters. The summed E-state index contributed by atoms with van der Waals surface area (Å²) in [4.78, 5) is 0. The van der Waals surface area contributed by atoms with Crippen molar-refractivity contribution in [1.82, 2.24) is 0 Å². The van der Waals surface area contributed by atoms with Gasteiger partial charge in [0.15, 0.2) is 0 Å². The summed E-state index contributed by atoms with van der Waals surface area (Å²) in [6.07, 6.45) is 0. The Morgan fingerprint density at radius 1 is 1.57 bits per heavy atom. The summed E-state index contributed by atoms with van der Waals surface area (Å²) in [6.45, 7) is 1.59. The molecular weight excluding hydrogens is 205 g/mol. The van der Waals surface area contributed by atoms with Crippen LogP contribution >= 0.6 is 11.6 Å². The van der Waals surface area contributed by atoms with Crippen molar-refractivity contribution in [1.29, 1.82) is 0 Å². The van der Waals surface area contributed by atoms with Crippen molar-refractivity contribution < 1.29 is 9.50 Å². The van der Waals surface area contributed by atoms with Crippen LogP contribution in [0.5, 0.6) is 0 Å². The molecule has 2 nitrogen and oxygen atoms in total. The molecule has 78 valence electrons. The number of hydrogen-bond donors (Lipinski definition) is 2. The fourth-order valence-corrected chi connectivity index (χ4v) is 1.71. The van der Waals surface area contributed by atoms with E-state index in [-0.39, 0.29) is 18.7 Å². The van der Waals surface area contributed by atoms with Crippen molar-refractivity contribution in [3.8, 4) is 0 Å². The lowest BCUT2D eigenvalue weighted by Crippen LogP contribution is -2.36. The maximum Gasteiger partial charge on any atom is 0.128 e. The molecule has 0 heterocycles. The third-order valence-electron chi connectivity index (χ3n) is 2.37. The first-order valence-corrected chi connectivity index (χ1v) is 4.68. The van der Waals surface area contributed by atoms with Gasteiger partial charge in [-0.05, 0) is 12.1 Å². The molecule has 14 heavy (non-hydrogen) atoms. The largest absolute Gasteiger partial charge is 0.395 e. The zero-order valence-corrected chi connectivity index (χ0v) is 8.68. The second-order valence-electron chi connectivity index (χ2n) is 3.52. The van der Waals surface area contributed by atoms with Gasteiger partial charge >= 0.3 is 0 Å². The number of aliphatic hydroxyl groups excluding tert-OH is 1. The van der Waals surface area contributed by atoms with Crippen molar-refractivity contribution in [2.75, 3.05) is 13.2 Å². The van der Waals surface area contributed by atoms with Gasteiger partial charge in [0.1, 0.15) is 5.82 Å². The van der Waals surface area contributed by atoms with E-state index in [0.717, 1.165) is 0 Å². The lowest BCUT2D eigenvalue weighted by Gasteiger charge is -2.27. The van der Waals surface area contributed by atoms with Crippen LogP contribution in [0.1, 0.15) is 12.5 Å². The number of nitrogens with two attached hydrogens (primary N) is 1. The van der Waals surface area contributed by atoms with Crippen LogP contribution in [-0.4, -0.2) is 18.3 Å². The maximum absolute atomic E-state index is 13.5. The van der Waals surface area contributed by atoms with Gasteiger partial charge in [0.2, 0.25) is 0 Å². The topological polar surface area (TPSA) is 46.2 Å². The van der Waals surface area contributed by atoms with E-state index in [1.54, 1.807) is 13.0 Å². The summed E-state index contributed by atoms with van der Waals surface area (Å²) in [5, 5.41) is 9.48. The minimum absolute atomic E-state index is 0.143. The van der Waals surface area contributed by atoms with Crippen LogP contribution in [0.3, 0.4) is 0 Å². The van der Waals surface area contributed by atoms with E-state index in [1.165, 1.54) is 12.1 Å². The summed E-state index contributed by atoms with van der Waals surface area (Å²) in [5.74, 6) is -0.431. The number of rotatable bonds is 3. The smallest absolute Gasteiger partial charge is 0.128 e. The Morgan fingerprint density at radius 2 is 2.21 bits per heavy atom. The summed E-state index contributed by atoms with van der Waals surface area (Å²) in [6, 6.07) is 4.42. The molecule has 1 aromatic rings. The summed E-state index contributed by atoms with van der Waals surface area (Å²) >= 11 is 5.86. The Labute approximate surface area is 87.5 Å². The molecule has 4 heteroatoms. The molecular formula is C10H13ClFNO. The number of aliphatic hydroxyl groups is 1. The van der Waals surface area contributed by atoms with E-state index in [9.17, 15) is 9.50 Å². The minimum Gasteiger partial charge on any atom is -0.395 e. The lowest BCUT2D eigenvalue weighted by atomic mass is 9.83. The van der Waals surface area contributed by atoms with Crippen LogP contribution in [-0.2, 0) is 5.41 Å². The molecule has 0 fully saturated rings. The van der Waals surface area contributed by atoms with Gasteiger partial charge in [-0.3, -0.25) is 0 Å². The van der Waals surface area contributed by atoms with Crippen LogP contribution in [0.25, 0.3) is 0 Å². The molecule has 0 bridgehead atoms. The van der Waals surface area contributed by atoms with Gasteiger partial charge in [-0.25, -0.2) is 4.39 Å². The Bertz CT molecular complexity index is 306. The molecule has 0 spiro atoms. The molecule has 1 rings (SSSR count). The number of hydrogen-bond acceptors (Lipinski definition) is 2. The van der Waals surface area contributed by atoms with E-state index in [1.807, 2.05) is 0 Å². The molecule has 0 saturated heterocycles. The van der Waals surface area contributed by atoms with Crippen molar-refractivity contribution >= 4 is 11.6 Å². The van der Waals surface area contributed by atoms with E-state index in [2.05, 4.69) is 0 Å². The quantitative estimate of drug-likeness (QED) is 0.810. The summed E-state index contributed by atoms with van der Waals surface area (Å²) < 4.78 is 13.5. The van der Waals surface area contributed by atoms with Gasteiger partial charge in [0, 0.05) is 22.5 Å². The van der Waals surface area contributed by atoms with Crippen molar-refractivity contribution in [2.24, 2.45) is 5.73 Å². The van der Waals surface area contributed by atoms with Crippen LogP contribution in [0, 0.1) is 5.82 Å². The lowest BCUT2D eigenvalue weighted by molar-refractivity contribution is 0.207. The van der Waals surface area contributed by atoms with Crippen LogP contribution in [0.15, 0.2) is 18.2 Å². The predicted molar refractivity (Wildman–Crippen MR) is 54.9 cm³/mol. The van der Waals surface area contributed by atoms with Gasteiger partial charge in [-0.2, -0.15) is 0 Å². The van der Waals surface area contributed by atoms with Crippen molar-refractivity contribution in [3.63, 3.8) is 0 Å². The first kappa shape index (κ1) is 11.4. The Balaban J connectivity index is 3.29. The molecule has 3 N–H and O–H groups in total. The van der Waals surface area contributed by atoms with Gasteiger partial charge < -0.3 is 10.8 Å². The first-order valence-electron chi connectivity index (χ1n) is 4.30. The van der Waals surface area contributed by atoms with E-state index in [0.29, 0.717) is 5.02 Å². The van der Waals surface area contributed by atoms with Crippen molar-refractivity contribution in [3.05, 3.63) is 34.6 Å². The average molecular weight is 218 g/mol. The van der Waals surface area contributed by atoms with Crippen LogP contribution in [0.4, 0.5) is 4.39 Å². The highest BCUT2D eigenvalue weighted by atomic mass is 35.5.